The van der Waals surface area contributed by atoms with E-state index in [1.165, 1.54) is 18.4 Å². The van der Waals surface area contributed by atoms with Gasteiger partial charge in [-0.1, -0.05) is 30.3 Å². The fourth-order valence-corrected chi connectivity index (χ4v) is 4.52. The smallest absolute Gasteiger partial charge is 0.475 e. The average molecular weight is 442 g/mol. The van der Waals surface area contributed by atoms with Crippen LogP contribution in [-0.4, -0.2) is 78.4 Å². The number of amides is 1. The molecule has 1 N–H and O–H groups in total. The second-order valence-corrected chi connectivity index (χ2v) is 8.39. The molecule has 0 bridgehead atoms. The summed E-state index contributed by atoms with van der Waals surface area (Å²) >= 11 is 0. The van der Waals surface area contributed by atoms with Gasteiger partial charge in [-0.3, -0.25) is 4.79 Å². The van der Waals surface area contributed by atoms with Crippen molar-refractivity contribution in [2.45, 2.75) is 38.0 Å². The van der Waals surface area contributed by atoms with E-state index in [1.54, 1.807) is 0 Å². The van der Waals surface area contributed by atoms with E-state index in [4.69, 9.17) is 14.6 Å². The molecule has 0 spiro atoms. The second-order valence-electron chi connectivity index (χ2n) is 8.39. The summed E-state index contributed by atoms with van der Waals surface area (Å²) in [5.41, 5.74) is 1.40. The predicted octanol–water partition coefficient (Wildman–Crippen LogP) is 2.82. The number of alkyl halides is 3. The van der Waals surface area contributed by atoms with Crippen molar-refractivity contribution in [1.29, 1.82) is 0 Å². The molecule has 6 nitrogen and oxygen atoms in total. The van der Waals surface area contributed by atoms with E-state index in [1.807, 2.05) is 0 Å². The van der Waals surface area contributed by atoms with Gasteiger partial charge in [-0.25, -0.2) is 4.79 Å². The van der Waals surface area contributed by atoms with Crippen LogP contribution in [0.15, 0.2) is 30.3 Å². The Labute approximate surface area is 180 Å². The lowest BCUT2D eigenvalue weighted by atomic mass is 9.90. The minimum Gasteiger partial charge on any atom is -0.475 e. The van der Waals surface area contributed by atoms with E-state index >= 15 is 0 Å². The Kier molecular flexibility index (Phi) is 7.94. The van der Waals surface area contributed by atoms with Crippen LogP contribution < -0.4 is 0 Å². The van der Waals surface area contributed by atoms with Gasteiger partial charge in [0.2, 0.25) is 5.91 Å². The fourth-order valence-electron chi connectivity index (χ4n) is 4.52. The van der Waals surface area contributed by atoms with Gasteiger partial charge in [-0.15, -0.1) is 0 Å². The molecule has 3 atom stereocenters. The fraction of sp³-hybridized carbons (Fsp3) is 0.636. The molecule has 1 aromatic carbocycles. The Balaban J connectivity index is 0.000000339. The van der Waals surface area contributed by atoms with Crippen molar-refractivity contribution >= 4 is 11.9 Å². The first kappa shape index (κ1) is 23.5. The molecule has 172 valence electrons. The number of carboxylic acid groups (broad SMARTS) is 1. The maximum atomic E-state index is 12.4. The van der Waals surface area contributed by atoms with Gasteiger partial charge < -0.3 is 19.6 Å². The molecule has 3 aliphatic rings. The SMILES string of the molecule is O=C(C[C@H]1CO[C@@H]2CN(CCc3ccccc3)C[C@H]12)N1CCCC1.O=C(O)C(F)(F)F. The molecular formula is C22H29F3N2O4. The van der Waals surface area contributed by atoms with Crippen LogP contribution in [-0.2, 0) is 20.7 Å². The summed E-state index contributed by atoms with van der Waals surface area (Å²) in [4.78, 5) is 25.9. The number of likely N-dealkylation sites (tertiary alicyclic amines) is 2. The Morgan fingerprint density at radius 3 is 2.35 bits per heavy atom. The van der Waals surface area contributed by atoms with Crippen molar-refractivity contribution in [3.05, 3.63) is 35.9 Å². The number of rotatable bonds is 5. The third kappa shape index (κ3) is 6.67. The molecule has 31 heavy (non-hydrogen) atoms. The molecule has 4 rings (SSSR count). The van der Waals surface area contributed by atoms with Crippen molar-refractivity contribution in [1.82, 2.24) is 9.80 Å². The molecule has 3 heterocycles. The van der Waals surface area contributed by atoms with Gasteiger partial charge in [-0.05, 0) is 30.7 Å². The summed E-state index contributed by atoms with van der Waals surface area (Å²) in [7, 11) is 0. The number of benzene rings is 1. The number of hydrogen-bond donors (Lipinski definition) is 1. The lowest BCUT2D eigenvalue weighted by molar-refractivity contribution is -0.192. The van der Waals surface area contributed by atoms with Crippen LogP contribution in [0, 0.1) is 11.8 Å². The third-order valence-electron chi connectivity index (χ3n) is 6.21. The minimum absolute atomic E-state index is 0.345. The summed E-state index contributed by atoms with van der Waals surface area (Å²) < 4.78 is 37.8. The highest BCUT2D eigenvalue weighted by molar-refractivity contribution is 5.76. The maximum Gasteiger partial charge on any atom is 0.490 e. The molecule has 3 saturated heterocycles. The van der Waals surface area contributed by atoms with E-state index < -0.39 is 12.1 Å². The number of carbonyl (C=O) groups is 2. The van der Waals surface area contributed by atoms with Gasteiger partial charge in [0.05, 0.1) is 12.7 Å². The zero-order chi connectivity index (χ0) is 22.4. The molecule has 0 radical (unpaired) electrons. The third-order valence-corrected chi connectivity index (χ3v) is 6.21. The van der Waals surface area contributed by atoms with Crippen LogP contribution >= 0.6 is 0 Å². The minimum atomic E-state index is -5.08. The van der Waals surface area contributed by atoms with E-state index in [0.29, 0.717) is 30.3 Å². The highest BCUT2D eigenvalue weighted by Crippen LogP contribution is 2.36. The van der Waals surface area contributed by atoms with Crippen LogP contribution in [0.3, 0.4) is 0 Å². The summed E-state index contributed by atoms with van der Waals surface area (Å²) in [6.07, 6.45) is -0.610. The van der Waals surface area contributed by atoms with Crippen molar-refractivity contribution in [3.8, 4) is 0 Å². The topological polar surface area (TPSA) is 70.1 Å². The number of halogens is 3. The first-order chi connectivity index (χ1) is 14.7. The molecule has 3 fully saturated rings. The van der Waals surface area contributed by atoms with E-state index in [2.05, 4.69) is 40.1 Å². The number of nitrogens with zero attached hydrogens (tertiary/aromatic N) is 2. The Morgan fingerprint density at radius 1 is 1.10 bits per heavy atom. The lowest BCUT2D eigenvalue weighted by Gasteiger charge is -2.22. The number of hydrogen-bond acceptors (Lipinski definition) is 4. The van der Waals surface area contributed by atoms with E-state index in [9.17, 15) is 18.0 Å². The Bertz CT molecular complexity index is 738. The van der Waals surface area contributed by atoms with Gasteiger partial charge in [-0.2, -0.15) is 13.2 Å². The zero-order valence-electron chi connectivity index (χ0n) is 17.4. The zero-order valence-corrected chi connectivity index (χ0v) is 17.4. The number of fused-ring (bicyclic) bond motifs is 1. The van der Waals surface area contributed by atoms with Crippen LogP contribution in [0.4, 0.5) is 13.2 Å². The van der Waals surface area contributed by atoms with Crippen LogP contribution in [0.5, 0.6) is 0 Å². The van der Waals surface area contributed by atoms with Crippen LogP contribution in [0.2, 0.25) is 0 Å². The number of ether oxygens (including phenoxy) is 1. The van der Waals surface area contributed by atoms with Gasteiger partial charge >= 0.3 is 12.1 Å². The van der Waals surface area contributed by atoms with E-state index in [0.717, 1.165) is 45.8 Å². The molecule has 3 aliphatic heterocycles. The summed E-state index contributed by atoms with van der Waals surface area (Å²) in [5.74, 6) is -1.44. The lowest BCUT2D eigenvalue weighted by Crippen LogP contribution is -2.32. The molecular weight excluding hydrogens is 413 g/mol. The normalized spacial score (nSPS) is 25.8. The van der Waals surface area contributed by atoms with Crippen molar-refractivity contribution in [2.24, 2.45) is 11.8 Å². The second kappa shape index (κ2) is 10.5. The highest BCUT2D eigenvalue weighted by atomic mass is 19.4. The molecule has 0 aliphatic carbocycles. The van der Waals surface area contributed by atoms with Gasteiger partial charge in [0.25, 0.3) is 0 Å². The monoisotopic (exact) mass is 442 g/mol. The summed E-state index contributed by atoms with van der Waals surface area (Å²) in [6.45, 7) is 5.92. The van der Waals surface area contributed by atoms with Gasteiger partial charge in [0.15, 0.2) is 0 Å². The quantitative estimate of drug-likeness (QED) is 0.760. The average Bonchev–Trinajstić information content (AvgIpc) is 3.46. The molecule has 0 aromatic heterocycles. The van der Waals surface area contributed by atoms with Crippen molar-refractivity contribution in [3.63, 3.8) is 0 Å². The van der Waals surface area contributed by atoms with Gasteiger partial charge in [0.1, 0.15) is 0 Å². The van der Waals surface area contributed by atoms with Gasteiger partial charge in [0, 0.05) is 45.1 Å². The molecule has 9 heteroatoms. The van der Waals surface area contributed by atoms with E-state index in [-0.39, 0.29) is 0 Å². The Hall–Kier alpha value is -2.13. The molecule has 1 amide bonds. The standard InChI is InChI=1S/C20H28N2O2.C2HF3O2/c23-20(22-9-4-5-10-22)12-17-15-24-19-14-21(13-18(17)19)11-8-16-6-2-1-3-7-16;3-2(4,5)1(6)7/h1-3,6-7,17-19H,4-5,8-15H2;(H,6,7)/t17-,18+,19+;/m0./s1. The maximum absolute atomic E-state index is 12.4. The first-order valence-corrected chi connectivity index (χ1v) is 10.7. The van der Waals surface area contributed by atoms with Crippen molar-refractivity contribution in [2.75, 3.05) is 39.3 Å². The molecule has 0 unspecified atom stereocenters. The molecule has 0 saturated carbocycles. The van der Waals surface area contributed by atoms with Crippen LogP contribution in [0.25, 0.3) is 0 Å². The summed E-state index contributed by atoms with van der Waals surface area (Å²) in [6, 6.07) is 10.7. The number of aliphatic carboxylic acids is 1. The predicted molar refractivity (Wildman–Crippen MR) is 107 cm³/mol. The Morgan fingerprint density at radius 2 is 1.74 bits per heavy atom. The molecule has 1 aromatic rings. The first-order valence-electron chi connectivity index (χ1n) is 10.7. The van der Waals surface area contributed by atoms with Crippen molar-refractivity contribution < 1.29 is 32.6 Å². The summed E-state index contributed by atoms with van der Waals surface area (Å²) in [5, 5.41) is 7.12. The highest BCUT2D eigenvalue weighted by Gasteiger charge is 2.44. The largest absolute Gasteiger partial charge is 0.490 e. The number of carboxylic acids is 1. The van der Waals surface area contributed by atoms with Crippen LogP contribution in [0.1, 0.15) is 24.8 Å². The number of carbonyl (C=O) groups excluding carboxylic acids is 1.